The molecule has 0 radical (unpaired) electrons. The number of carboxylic acid groups (broad SMARTS) is 1. The van der Waals surface area contributed by atoms with Gasteiger partial charge in [-0.3, -0.25) is 0 Å². The average Bonchev–Trinajstić information content (AvgIpc) is 3.03. The monoisotopic (exact) mass is 566 g/mol. The third kappa shape index (κ3) is 7.00. The smallest absolute Gasteiger partial charge is 0.407 e. The van der Waals surface area contributed by atoms with Crippen molar-refractivity contribution in [1.82, 2.24) is 4.90 Å². The maximum Gasteiger partial charge on any atom is 0.407 e. The number of benzene rings is 4. The Morgan fingerprint density at radius 2 is 1.81 bits per heavy atom. The lowest BCUT2D eigenvalue weighted by Crippen LogP contribution is -2.46. The lowest BCUT2D eigenvalue weighted by Gasteiger charge is -2.37. The number of amides is 1. The number of piperidine rings is 1. The van der Waals surface area contributed by atoms with Gasteiger partial charge in [0, 0.05) is 30.5 Å². The van der Waals surface area contributed by atoms with Crippen LogP contribution in [0.3, 0.4) is 0 Å². The van der Waals surface area contributed by atoms with Crippen molar-refractivity contribution in [3.05, 3.63) is 107 Å². The van der Waals surface area contributed by atoms with Crippen molar-refractivity contribution in [3.8, 4) is 17.6 Å². The lowest BCUT2D eigenvalue weighted by molar-refractivity contribution is -0.0206. The minimum absolute atomic E-state index is 0.0141. The summed E-state index contributed by atoms with van der Waals surface area (Å²) in [7, 11) is 1.64. The van der Waals surface area contributed by atoms with Crippen LogP contribution in [0.1, 0.15) is 34.6 Å². The number of nitriles is 1. The molecule has 216 valence electrons. The number of hydrogen-bond donors (Lipinski definition) is 1. The zero-order chi connectivity index (χ0) is 29.3. The lowest BCUT2D eigenvalue weighted by atomic mass is 9.87. The Labute approximate surface area is 245 Å². The van der Waals surface area contributed by atoms with Gasteiger partial charge in [0.2, 0.25) is 0 Å². The minimum Gasteiger partial charge on any atom is -0.490 e. The van der Waals surface area contributed by atoms with E-state index in [1.54, 1.807) is 13.2 Å². The fourth-order valence-corrected chi connectivity index (χ4v) is 5.35. The van der Waals surface area contributed by atoms with E-state index in [-0.39, 0.29) is 25.2 Å². The molecule has 0 aliphatic carbocycles. The number of fused-ring (bicyclic) bond motifs is 1. The molecule has 2 atom stereocenters. The van der Waals surface area contributed by atoms with Gasteiger partial charge in [-0.1, -0.05) is 60.7 Å². The van der Waals surface area contributed by atoms with Crippen LogP contribution in [0, 0.1) is 11.3 Å². The van der Waals surface area contributed by atoms with E-state index in [9.17, 15) is 9.90 Å². The number of hydrogen-bond acceptors (Lipinski definition) is 6. The first-order valence-corrected chi connectivity index (χ1v) is 14.0. The number of likely N-dealkylation sites (tertiary alicyclic amines) is 1. The van der Waals surface area contributed by atoms with Crippen molar-refractivity contribution in [2.75, 3.05) is 33.4 Å². The van der Waals surface area contributed by atoms with E-state index in [0.717, 1.165) is 39.0 Å². The molecule has 0 spiro atoms. The Morgan fingerprint density at radius 3 is 2.60 bits per heavy atom. The Balaban J connectivity index is 1.31. The first-order chi connectivity index (χ1) is 20.6. The van der Waals surface area contributed by atoms with Gasteiger partial charge < -0.3 is 29.0 Å². The van der Waals surface area contributed by atoms with Gasteiger partial charge in [0.15, 0.2) is 0 Å². The second-order valence-corrected chi connectivity index (χ2v) is 10.3. The molecule has 0 aromatic heterocycles. The average molecular weight is 567 g/mol. The highest BCUT2D eigenvalue weighted by Crippen LogP contribution is 2.35. The molecular weight excluding hydrogens is 532 g/mol. The van der Waals surface area contributed by atoms with Crippen LogP contribution in [0.2, 0.25) is 0 Å². The van der Waals surface area contributed by atoms with E-state index in [0.29, 0.717) is 38.3 Å². The van der Waals surface area contributed by atoms with E-state index in [1.807, 2.05) is 72.8 Å². The van der Waals surface area contributed by atoms with E-state index in [4.69, 9.17) is 24.2 Å². The van der Waals surface area contributed by atoms with Gasteiger partial charge in [0.25, 0.3) is 0 Å². The van der Waals surface area contributed by atoms with Crippen LogP contribution in [0.5, 0.6) is 11.5 Å². The predicted octanol–water partition coefficient (Wildman–Crippen LogP) is 6.37. The van der Waals surface area contributed by atoms with Crippen LogP contribution in [-0.4, -0.2) is 55.6 Å². The predicted molar refractivity (Wildman–Crippen MR) is 159 cm³/mol. The summed E-state index contributed by atoms with van der Waals surface area (Å²) in [5.74, 6) is 1.49. The molecule has 42 heavy (non-hydrogen) atoms. The summed E-state index contributed by atoms with van der Waals surface area (Å²) in [6.07, 6.45) is -0.637. The fourth-order valence-electron chi connectivity index (χ4n) is 5.35. The molecule has 1 amide bonds. The molecule has 1 fully saturated rings. The van der Waals surface area contributed by atoms with E-state index in [2.05, 4.69) is 12.1 Å². The van der Waals surface area contributed by atoms with Crippen molar-refractivity contribution in [1.29, 1.82) is 5.26 Å². The number of nitrogens with zero attached hydrogens (tertiary/aromatic N) is 2. The summed E-state index contributed by atoms with van der Waals surface area (Å²) in [5, 5.41) is 20.9. The molecule has 1 heterocycles. The van der Waals surface area contributed by atoms with Crippen molar-refractivity contribution < 1.29 is 28.8 Å². The van der Waals surface area contributed by atoms with Gasteiger partial charge in [-0.25, -0.2) is 4.79 Å². The quantitative estimate of drug-likeness (QED) is 0.211. The second kappa shape index (κ2) is 13.9. The topological polar surface area (TPSA) is 101 Å². The maximum atomic E-state index is 11.8. The highest BCUT2D eigenvalue weighted by Gasteiger charge is 2.33. The van der Waals surface area contributed by atoms with Crippen molar-refractivity contribution in [2.45, 2.75) is 31.7 Å². The molecule has 1 saturated heterocycles. The van der Waals surface area contributed by atoms with E-state index < -0.39 is 6.09 Å². The van der Waals surface area contributed by atoms with Crippen LogP contribution in [-0.2, 0) is 22.7 Å². The molecular formula is C34H34N2O6. The Kier molecular flexibility index (Phi) is 9.55. The Bertz CT molecular complexity index is 1550. The highest BCUT2D eigenvalue weighted by molar-refractivity contribution is 5.89. The standard InChI is InChI=1S/C34H34N2O6/c1-39-17-18-40-33-28(10-9-26-7-2-3-8-31(26)33)23-42-32-21-36(34(37)38)16-15-30(32)27-11-13-29(14-12-27)41-22-25-6-4-5-24(19-25)20-35/h2-14,19,30,32H,15-18,21-23H2,1H3,(H,37,38). The van der Waals surface area contributed by atoms with Gasteiger partial charge in [-0.2, -0.15) is 5.26 Å². The molecule has 0 saturated carbocycles. The van der Waals surface area contributed by atoms with Crippen molar-refractivity contribution in [2.24, 2.45) is 0 Å². The summed E-state index contributed by atoms with van der Waals surface area (Å²) < 4.78 is 23.8. The van der Waals surface area contributed by atoms with Crippen LogP contribution >= 0.6 is 0 Å². The molecule has 1 aliphatic heterocycles. The molecule has 1 N–H and O–H groups in total. The molecule has 5 rings (SSSR count). The number of rotatable bonds is 11. The summed E-state index contributed by atoms with van der Waals surface area (Å²) in [6, 6.07) is 29.5. The third-order valence-corrected chi connectivity index (χ3v) is 7.55. The molecule has 4 aromatic rings. The molecule has 1 aliphatic rings. The largest absolute Gasteiger partial charge is 0.490 e. The zero-order valence-electron chi connectivity index (χ0n) is 23.6. The van der Waals surface area contributed by atoms with Gasteiger partial charge >= 0.3 is 6.09 Å². The van der Waals surface area contributed by atoms with Crippen LogP contribution < -0.4 is 9.47 Å². The number of ether oxygens (including phenoxy) is 4. The van der Waals surface area contributed by atoms with Crippen LogP contribution in [0.4, 0.5) is 4.79 Å². The van der Waals surface area contributed by atoms with E-state index in [1.165, 1.54) is 4.90 Å². The molecule has 2 unspecified atom stereocenters. The second-order valence-electron chi connectivity index (χ2n) is 10.3. The van der Waals surface area contributed by atoms with E-state index >= 15 is 0 Å². The van der Waals surface area contributed by atoms with Crippen molar-refractivity contribution >= 4 is 16.9 Å². The Morgan fingerprint density at radius 1 is 0.976 bits per heavy atom. The summed E-state index contributed by atoms with van der Waals surface area (Å²) in [4.78, 5) is 13.3. The molecule has 8 nitrogen and oxygen atoms in total. The first-order valence-electron chi connectivity index (χ1n) is 14.0. The number of carbonyl (C=O) groups is 1. The molecule has 4 aromatic carbocycles. The molecule has 8 heteroatoms. The Hall–Kier alpha value is -4.58. The summed E-state index contributed by atoms with van der Waals surface area (Å²) >= 11 is 0. The van der Waals surface area contributed by atoms with Gasteiger partial charge in [-0.15, -0.1) is 0 Å². The normalized spacial score (nSPS) is 16.6. The highest BCUT2D eigenvalue weighted by atomic mass is 16.5. The van der Waals surface area contributed by atoms with Crippen LogP contribution in [0.25, 0.3) is 10.8 Å². The first kappa shape index (κ1) is 28.9. The van der Waals surface area contributed by atoms with Gasteiger partial charge in [-0.05, 0) is 47.2 Å². The number of methoxy groups -OCH3 is 1. The fraction of sp³-hybridized carbons (Fsp3) is 0.294. The van der Waals surface area contributed by atoms with Gasteiger partial charge in [0.05, 0.1) is 37.5 Å². The SMILES string of the molecule is COCCOc1c(COC2CN(C(=O)O)CCC2c2ccc(OCc3cccc(C#N)c3)cc2)ccc2ccccc12. The van der Waals surface area contributed by atoms with Crippen molar-refractivity contribution in [3.63, 3.8) is 0 Å². The minimum atomic E-state index is -0.944. The summed E-state index contributed by atoms with van der Waals surface area (Å²) in [6.45, 7) is 2.24. The van der Waals surface area contributed by atoms with Gasteiger partial charge in [0.1, 0.15) is 24.7 Å². The zero-order valence-corrected chi connectivity index (χ0v) is 23.6. The van der Waals surface area contributed by atoms with Crippen LogP contribution in [0.15, 0.2) is 84.9 Å². The maximum absolute atomic E-state index is 11.8. The third-order valence-electron chi connectivity index (χ3n) is 7.55. The molecule has 0 bridgehead atoms. The summed E-state index contributed by atoms with van der Waals surface area (Å²) in [5.41, 5.74) is 3.49.